The first-order valence-corrected chi connectivity index (χ1v) is 14.2. The molecule has 0 spiro atoms. The highest BCUT2D eigenvalue weighted by atomic mass is 32.2. The summed E-state index contributed by atoms with van der Waals surface area (Å²) >= 11 is 0. The van der Waals surface area contributed by atoms with E-state index in [2.05, 4.69) is 0 Å². The fourth-order valence-electron chi connectivity index (χ4n) is 2.13. The van der Waals surface area contributed by atoms with Gasteiger partial charge < -0.3 is 49.0 Å². The number of ether oxygens (including phenoxy) is 2. The number of aliphatic hydroxyl groups is 5. The second-order valence-corrected chi connectivity index (χ2v) is 10.3. The Kier molecular flexibility index (Phi) is 32.6. The molecule has 0 rings (SSSR count). The summed E-state index contributed by atoms with van der Waals surface area (Å²) in [5.41, 5.74) is 0. The van der Waals surface area contributed by atoms with Crippen molar-refractivity contribution in [3.05, 3.63) is 0 Å². The van der Waals surface area contributed by atoms with Gasteiger partial charge in [0.15, 0.2) is 0 Å². The lowest BCUT2D eigenvalue weighted by Gasteiger charge is -2.20. The Bertz CT molecular complexity index is 638. The van der Waals surface area contributed by atoms with Crippen molar-refractivity contribution >= 4 is 20.2 Å². The molecule has 224 valence electrons. The summed E-state index contributed by atoms with van der Waals surface area (Å²) in [6.07, 6.45) is 1.01. The van der Waals surface area contributed by atoms with E-state index in [9.17, 15) is 25.9 Å². The van der Waals surface area contributed by atoms with Gasteiger partial charge in [0.2, 0.25) is 0 Å². The number of hydrogen-bond donors (Lipinski definition) is 5. The highest BCUT2D eigenvalue weighted by molar-refractivity contribution is 7.86. The van der Waals surface area contributed by atoms with Crippen LogP contribution in [0, 0.1) is 0 Å². The summed E-state index contributed by atoms with van der Waals surface area (Å²) in [6, 6.07) is 0. The van der Waals surface area contributed by atoms with Crippen molar-refractivity contribution in [2.24, 2.45) is 0 Å². The average molecular weight is 574 g/mol. The molecular weight excluding hydrogens is 526 g/mol. The third kappa shape index (κ3) is 33.5. The normalized spacial score (nSPS) is 13.1. The number of nitrogens with zero attached hydrogens (tertiary/aromatic N) is 1. The monoisotopic (exact) mass is 573 g/mol. The molecule has 0 fully saturated rings. The summed E-state index contributed by atoms with van der Waals surface area (Å²) in [7, 11) is -8.56. The summed E-state index contributed by atoms with van der Waals surface area (Å²) in [6.45, 7) is 4.49. The Morgan fingerprint density at radius 2 is 1.39 bits per heavy atom. The first-order chi connectivity index (χ1) is 16.3. The molecular formula is C20H47NO13S2-2. The number of aliphatic hydroxyl groups excluding tert-OH is 5. The Hall–Kier alpha value is -0.500. The molecule has 0 aromatic carbocycles. The van der Waals surface area contributed by atoms with Crippen molar-refractivity contribution in [1.82, 2.24) is 4.90 Å². The zero-order valence-corrected chi connectivity index (χ0v) is 22.2. The van der Waals surface area contributed by atoms with Crippen LogP contribution in [-0.2, 0) is 29.7 Å². The maximum atomic E-state index is 10.8. The van der Waals surface area contributed by atoms with Crippen LogP contribution in [-0.4, -0.2) is 146 Å². The summed E-state index contributed by atoms with van der Waals surface area (Å²) in [4.78, 5) is 1.76. The van der Waals surface area contributed by atoms with Gasteiger partial charge in [-0.3, -0.25) is 0 Å². The molecule has 2 unspecified atom stereocenters. The quantitative estimate of drug-likeness (QED) is 0.0824. The lowest BCUT2D eigenvalue weighted by molar-refractivity contribution is 0.0694. The van der Waals surface area contributed by atoms with Crippen molar-refractivity contribution in [2.45, 2.75) is 51.9 Å². The van der Waals surface area contributed by atoms with Crippen LogP contribution in [0.25, 0.3) is 0 Å². The van der Waals surface area contributed by atoms with Crippen molar-refractivity contribution in [3.8, 4) is 0 Å². The fourth-order valence-corrected chi connectivity index (χ4v) is 3.26. The van der Waals surface area contributed by atoms with Crippen molar-refractivity contribution in [1.29, 1.82) is 0 Å². The first-order valence-electron chi connectivity index (χ1n) is 11.2. The SMILES string of the molecule is C.CCC(O)CO.CCCN(CCO)CCS(=O)(=O)[O-].O=S(=O)([O-])C(CCOCCO)COCCO. The van der Waals surface area contributed by atoms with E-state index in [1.807, 2.05) is 13.8 Å². The Balaban J connectivity index is -0.000000230. The van der Waals surface area contributed by atoms with Crippen LogP contribution < -0.4 is 0 Å². The molecule has 5 N–H and O–H groups in total. The van der Waals surface area contributed by atoms with Gasteiger partial charge in [0.1, 0.15) is 0 Å². The standard InChI is InChI=1S/C8H18O7S.C7H17NO4S.C4H10O2.CH4/c9-2-5-14-4-1-8(16(11,12)13)7-15-6-3-10;1-2-3-8(4-6-9)5-7-13(10,11)12;1-2-4(6)3-5;/h8-10H,1-7H2,(H,11,12,13);9H,2-7H2,1H3,(H,10,11,12);4-6H,2-3H2,1H3;1H4/p-2. The predicted molar refractivity (Wildman–Crippen MR) is 132 cm³/mol. The zero-order chi connectivity index (χ0) is 27.8. The highest BCUT2D eigenvalue weighted by Crippen LogP contribution is 2.05. The minimum absolute atomic E-state index is 0. The van der Waals surface area contributed by atoms with Gasteiger partial charge in [-0.2, -0.15) is 0 Å². The van der Waals surface area contributed by atoms with E-state index in [0.29, 0.717) is 19.5 Å². The molecule has 14 nitrogen and oxygen atoms in total. The van der Waals surface area contributed by atoms with Gasteiger partial charge in [-0.1, -0.05) is 21.3 Å². The molecule has 2 atom stereocenters. The molecule has 0 aliphatic rings. The van der Waals surface area contributed by atoms with Gasteiger partial charge in [-0.15, -0.1) is 0 Å². The molecule has 0 bridgehead atoms. The largest absolute Gasteiger partial charge is 0.748 e. The summed E-state index contributed by atoms with van der Waals surface area (Å²) in [5.74, 6) is -0.382. The first kappa shape index (κ1) is 42.6. The van der Waals surface area contributed by atoms with Gasteiger partial charge in [0, 0.05) is 19.7 Å². The highest BCUT2D eigenvalue weighted by Gasteiger charge is 2.16. The van der Waals surface area contributed by atoms with E-state index in [0.717, 1.165) is 6.42 Å². The van der Waals surface area contributed by atoms with Crippen LogP contribution in [0.1, 0.15) is 40.5 Å². The van der Waals surface area contributed by atoms with Gasteiger partial charge in [0.05, 0.1) is 83.6 Å². The van der Waals surface area contributed by atoms with Crippen LogP contribution in [0.3, 0.4) is 0 Å². The van der Waals surface area contributed by atoms with Crippen LogP contribution in [0.5, 0.6) is 0 Å². The van der Waals surface area contributed by atoms with Crippen molar-refractivity contribution in [3.63, 3.8) is 0 Å². The van der Waals surface area contributed by atoms with E-state index in [4.69, 9.17) is 35.0 Å². The molecule has 0 saturated heterocycles. The third-order valence-electron chi connectivity index (χ3n) is 4.06. The van der Waals surface area contributed by atoms with Crippen molar-refractivity contribution in [2.75, 3.05) is 78.2 Å². The van der Waals surface area contributed by atoms with Gasteiger partial charge >= 0.3 is 0 Å². The maximum absolute atomic E-state index is 10.8. The maximum Gasteiger partial charge on any atom is 0.0999 e. The molecule has 36 heavy (non-hydrogen) atoms. The zero-order valence-electron chi connectivity index (χ0n) is 20.5. The minimum Gasteiger partial charge on any atom is -0.748 e. The smallest absolute Gasteiger partial charge is 0.0999 e. The Labute approximate surface area is 216 Å². The lowest BCUT2D eigenvalue weighted by atomic mass is 10.3. The summed E-state index contributed by atoms with van der Waals surface area (Å²) < 4.78 is 72.9. The Morgan fingerprint density at radius 3 is 1.75 bits per heavy atom. The molecule has 0 aliphatic heterocycles. The Morgan fingerprint density at radius 1 is 0.833 bits per heavy atom. The average Bonchev–Trinajstić information content (AvgIpc) is 2.78. The van der Waals surface area contributed by atoms with E-state index < -0.39 is 31.6 Å². The van der Waals surface area contributed by atoms with Crippen LogP contribution in [0.4, 0.5) is 0 Å². The van der Waals surface area contributed by atoms with E-state index >= 15 is 0 Å². The van der Waals surface area contributed by atoms with Crippen LogP contribution in [0.2, 0.25) is 0 Å². The second kappa shape index (κ2) is 27.5. The lowest BCUT2D eigenvalue weighted by Crippen LogP contribution is -2.32. The van der Waals surface area contributed by atoms with E-state index in [1.165, 1.54) is 0 Å². The second-order valence-electron chi connectivity index (χ2n) is 7.11. The topological polar surface area (TPSA) is 237 Å². The third-order valence-corrected chi connectivity index (χ3v) is 5.93. The van der Waals surface area contributed by atoms with Gasteiger partial charge in [-0.25, -0.2) is 16.8 Å². The van der Waals surface area contributed by atoms with Crippen molar-refractivity contribution < 1.29 is 60.9 Å². The molecule has 0 heterocycles. The minimum atomic E-state index is -4.43. The molecule has 0 radical (unpaired) electrons. The van der Waals surface area contributed by atoms with E-state index in [-0.39, 0.29) is 79.0 Å². The molecule has 0 saturated carbocycles. The van der Waals surface area contributed by atoms with Gasteiger partial charge in [-0.05, 0) is 25.8 Å². The number of hydrogen-bond acceptors (Lipinski definition) is 14. The number of rotatable bonds is 19. The van der Waals surface area contributed by atoms with Crippen LogP contribution in [0.15, 0.2) is 0 Å². The molecule has 0 aromatic rings. The van der Waals surface area contributed by atoms with Crippen LogP contribution >= 0.6 is 0 Å². The molecule has 16 heteroatoms. The fraction of sp³-hybridized carbons (Fsp3) is 1.00. The summed E-state index contributed by atoms with van der Waals surface area (Å²) in [5, 5.41) is 40.8. The van der Waals surface area contributed by atoms with Gasteiger partial charge in [0.25, 0.3) is 0 Å². The predicted octanol–water partition coefficient (Wildman–Crippen LogP) is -2.07. The molecule has 0 aromatic heterocycles. The molecule has 0 aliphatic carbocycles. The van der Waals surface area contributed by atoms with E-state index in [1.54, 1.807) is 4.90 Å². The molecule has 0 amide bonds.